The molecule has 0 saturated heterocycles. The molecule has 0 spiro atoms. The number of anilines is 1. The lowest BCUT2D eigenvalue weighted by Gasteiger charge is -2.12. The molecule has 3 amide bonds. The molecule has 11 heteroatoms. The monoisotopic (exact) mass is 535 g/mol. The smallest absolute Gasteiger partial charge is 0.276 e. The fraction of sp³-hybridized carbons (Fsp3) is 0.211. The Bertz CT molecular complexity index is 949. The van der Waals surface area contributed by atoms with Gasteiger partial charge in [-0.15, -0.1) is 0 Å². The van der Waals surface area contributed by atoms with Crippen LogP contribution in [0.2, 0.25) is 15.1 Å². The van der Waals surface area contributed by atoms with Crippen LogP contribution in [0, 0.1) is 6.92 Å². The van der Waals surface area contributed by atoms with Gasteiger partial charge in [0.2, 0.25) is 11.8 Å². The quantitative estimate of drug-likeness (QED) is 0.448. The molecule has 2 rings (SSSR count). The average Bonchev–Trinajstić information content (AvgIpc) is 2.67. The van der Waals surface area contributed by atoms with Crippen LogP contribution >= 0.6 is 50.7 Å². The molecule has 0 heterocycles. The van der Waals surface area contributed by atoms with Crippen LogP contribution in [-0.4, -0.2) is 24.3 Å². The molecule has 30 heavy (non-hydrogen) atoms. The Morgan fingerprint density at radius 1 is 0.967 bits per heavy atom. The van der Waals surface area contributed by atoms with Gasteiger partial charge in [-0.05, 0) is 52.7 Å². The van der Waals surface area contributed by atoms with E-state index in [0.717, 1.165) is 5.56 Å². The third kappa shape index (κ3) is 7.36. The molecule has 0 atom stereocenters. The number of halogens is 4. The van der Waals surface area contributed by atoms with Crippen molar-refractivity contribution in [2.45, 2.75) is 19.8 Å². The van der Waals surface area contributed by atoms with E-state index in [1.165, 1.54) is 6.07 Å². The normalized spacial score (nSPS) is 10.3. The molecule has 0 aliphatic rings. The summed E-state index contributed by atoms with van der Waals surface area (Å²) in [4.78, 5) is 35.7. The Balaban J connectivity index is 1.72. The Morgan fingerprint density at radius 2 is 1.63 bits per heavy atom. The second-order valence-corrected chi connectivity index (χ2v) is 8.15. The second kappa shape index (κ2) is 11.4. The Kier molecular flexibility index (Phi) is 9.23. The van der Waals surface area contributed by atoms with E-state index in [-0.39, 0.29) is 29.5 Å². The van der Waals surface area contributed by atoms with Gasteiger partial charge in [-0.2, -0.15) is 0 Å². The highest BCUT2D eigenvalue weighted by molar-refractivity contribution is 9.10. The fourth-order valence-corrected chi connectivity index (χ4v) is 3.77. The molecular weight excluding hydrogens is 520 g/mol. The van der Waals surface area contributed by atoms with Gasteiger partial charge in [0.15, 0.2) is 12.4 Å². The van der Waals surface area contributed by atoms with Gasteiger partial charge in [-0.1, -0.05) is 40.9 Å². The Morgan fingerprint density at radius 3 is 2.33 bits per heavy atom. The maximum Gasteiger partial charge on any atom is 0.276 e. The van der Waals surface area contributed by atoms with Crippen molar-refractivity contribution >= 4 is 74.1 Å². The second-order valence-electron chi connectivity index (χ2n) is 6.04. The molecule has 0 bridgehead atoms. The van der Waals surface area contributed by atoms with Crippen LogP contribution in [0.25, 0.3) is 0 Å². The number of hydrogen-bond donors (Lipinski definition) is 3. The molecular formula is C19H17BrCl3N3O4. The first-order valence-electron chi connectivity index (χ1n) is 8.57. The number of hydrazine groups is 1. The first-order chi connectivity index (χ1) is 14.2. The number of nitrogens with one attached hydrogen (secondary N) is 3. The van der Waals surface area contributed by atoms with Crippen LogP contribution in [0.4, 0.5) is 5.69 Å². The minimum Gasteiger partial charge on any atom is -0.481 e. The van der Waals surface area contributed by atoms with Crippen molar-refractivity contribution in [3.63, 3.8) is 0 Å². The van der Waals surface area contributed by atoms with Crippen LogP contribution in [0.3, 0.4) is 0 Å². The zero-order valence-electron chi connectivity index (χ0n) is 15.7. The highest BCUT2D eigenvalue weighted by Crippen LogP contribution is 2.35. The summed E-state index contributed by atoms with van der Waals surface area (Å²) in [5, 5.41) is 3.85. The Hall–Kier alpha value is -2.00. The zero-order valence-corrected chi connectivity index (χ0v) is 19.5. The zero-order chi connectivity index (χ0) is 22.3. The standard InChI is InChI=1S/C19H17BrCl3N3O4/c1-10-13(22)3-2-4-15(10)24-16(27)5-6-17(28)25-26-18(29)9-30-19-12(20)7-11(21)8-14(19)23/h2-4,7-8H,5-6,9H2,1H3,(H,24,27)(H,25,28)(H,26,29). The number of amides is 3. The lowest BCUT2D eigenvalue weighted by atomic mass is 10.2. The molecule has 7 nitrogen and oxygen atoms in total. The lowest BCUT2D eigenvalue weighted by molar-refractivity contribution is -0.130. The van der Waals surface area contributed by atoms with Gasteiger partial charge in [-0.25, -0.2) is 0 Å². The highest BCUT2D eigenvalue weighted by Gasteiger charge is 2.13. The van der Waals surface area contributed by atoms with Gasteiger partial charge < -0.3 is 10.1 Å². The van der Waals surface area contributed by atoms with E-state index in [1.807, 2.05) is 0 Å². The summed E-state index contributed by atoms with van der Waals surface area (Å²) in [5.41, 5.74) is 5.71. The summed E-state index contributed by atoms with van der Waals surface area (Å²) >= 11 is 21.1. The van der Waals surface area contributed by atoms with E-state index in [1.54, 1.807) is 31.2 Å². The first kappa shape index (κ1) is 24.3. The molecule has 2 aromatic rings. The number of carbonyl (C=O) groups excluding carboxylic acids is 3. The van der Waals surface area contributed by atoms with Crippen molar-refractivity contribution in [2.24, 2.45) is 0 Å². The third-order valence-corrected chi connectivity index (χ3v) is 5.27. The maximum absolute atomic E-state index is 12.0. The van der Waals surface area contributed by atoms with Crippen molar-refractivity contribution < 1.29 is 19.1 Å². The average molecular weight is 538 g/mol. The number of carbonyl (C=O) groups is 3. The third-order valence-electron chi connectivity index (χ3n) is 3.77. The number of rotatable bonds is 7. The molecule has 0 saturated carbocycles. The first-order valence-corrected chi connectivity index (χ1v) is 10.5. The largest absolute Gasteiger partial charge is 0.481 e. The van der Waals surface area contributed by atoms with Crippen LogP contribution in [0.5, 0.6) is 5.75 Å². The van der Waals surface area contributed by atoms with E-state index in [9.17, 15) is 14.4 Å². The number of hydrogen-bond acceptors (Lipinski definition) is 4. The predicted octanol–water partition coefficient (Wildman–Crippen LogP) is 4.66. The summed E-state index contributed by atoms with van der Waals surface area (Å²) in [5.74, 6) is -1.25. The minimum atomic E-state index is -0.611. The molecule has 0 radical (unpaired) electrons. The molecule has 0 aliphatic heterocycles. The van der Waals surface area contributed by atoms with Crippen LogP contribution in [0.15, 0.2) is 34.8 Å². The van der Waals surface area contributed by atoms with Crippen molar-refractivity contribution in [2.75, 3.05) is 11.9 Å². The van der Waals surface area contributed by atoms with Crippen molar-refractivity contribution in [3.05, 3.63) is 55.4 Å². The molecule has 160 valence electrons. The molecule has 2 aromatic carbocycles. The highest BCUT2D eigenvalue weighted by atomic mass is 79.9. The fourth-order valence-electron chi connectivity index (χ4n) is 2.23. The lowest BCUT2D eigenvalue weighted by Crippen LogP contribution is -2.44. The van der Waals surface area contributed by atoms with Gasteiger partial charge >= 0.3 is 0 Å². The molecule has 0 aliphatic carbocycles. The van der Waals surface area contributed by atoms with E-state index >= 15 is 0 Å². The SMILES string of the molecule is Cc1c(Cl)cccc1NC(=O)CCC(=O)NNC(=O)COc1c(Cl)cc(Cl)cc1Br. The van der Waals surface area contributed by atoms with Crippen molar-refractivity contribution in [3.8, 4) is 5.75 Å². The summed E-state index contributed by atoms with van der Waals surface area (Å²) in [6.45, 7) is 1.38. The van der Waals surface area contributed by atoms with E-state index in [2.05, 4.69) is 32.1 Å². The van der Waals surface area contributed by atoms with Crippen LogP contribution < -0.4 is 20.9 Å². The van der Waals surface area contributed by atoms with Gasteiger partial charge in [-0.3, -0.25) is 25.2 Å². The van der Waals surface area contributed by atoms with E-state index in [0.29, 0.717) is 20.2 Å². The minimum absolute atomic E-state index is 0.0719. The summed E-state index contributed by atoms with van der Waals surface area (Å²) in [6, 6.07) is 8.18. The topological polar surface area (TPSA) is 96.5 Å². The van der Waals surface area contributed by atoms with Gasteiger partial charge in [0.05, 0.1) is 9.50 Å². The molecule has 0 aromatic heterocycles. The molecule has 3 N–H and O–H groups in total. The summed E-state index contributed by atoms with van der Waals surface area (Å²) < 4.78 is 5.81. The van der Waals surface area contributed by atoms with Crippen molar-refractivity contribution in [1.29, 1.82) is 0 Å². The van der Waals surface area contributed by atoms with Gasteiger partial charge in [0.25, 0.3) is 5.91 Å². The number of ether oxygens (including phenoxy) is 1. The molecule has 0 fully saturated rings. The molecule has 0 unspecified atom stereocenters. The van der Waals surface area contributed by atoms with Crippen LogP contribution in [0.1, 0.15) is 18.4 Å². The van der Waals surface area contributed by atoms with Crippen LogP contribution in [-0.2, 0) is 14.4 Å². The predicted molar refractivity (Wildman–Crippen MR) is 120 cm³/mol. The maximum atomic E-state index is 12.0. The number of benzene rings is 2. The summed E-state index contributed by atoms with van der Waals surface area (Å²) in [6.07, 6.45) is -0.196. The van der Waals surface area contributed by atoms with E-state index in [4.69, 9.17) is 39.5 Å². The van der Waals surface area contributed by atoms with Crippen molar-refractivity contribution in [1.82, 2.24) is 10.9 Å². The van der Waals surface area contributed by atoms with E-state index < -0.39 is 18.4 Å². The van der Waals surface area contributed by atoms with Gasteiger partial charge in [0, 0.05) is 28.6 Å². The Labute approximate surface area is 196 Å². The summed E-state index contributed by atoms with van der Waals surface area (Å²) in [7, 11) is 0. The van der Waals surface area contributed by atoms with Gasteiger partial charge in [0.1, 0.15) is 0 Å².